The van der Waals surface area contributed by atoms with Crippen LogP contribution in [0.1, 0.15) is 57.8 Å². The van der Waals surface area contributed by atoms with Gasteiger partial charge in [-0.25, -0.2) is 5.06 Å². The molecule has 0 heterocycles. The van der Waals surface area contributed by atoms with Gasteiger partial charge in [0.05, 0.1) is 7.11 Å². The summed E-state index contributed by atoms with van der Waals surface area (Å²) in [5.74, 6) is 1.65. The Morgan fingerprint density at radius 1 is 1.00 bits per heavy atom. The molecule has 1 amide bonds. The molecule has 2 aliphatic carbocycles. The molecule has 0 aromatic heterocycles. The van der Waals surface area contributed by atoms with Crippen molar-refractivity contribution in [1.82, 2.24) is 5.06 Å². The lowest BCUT2D eigenvalue weighted by atomic mass is 9.73. The van der Waals surface area contributed by atoms with E-state index in [1.165, 1.54) is 62.9 Å². The first-order valence-corrected chi connectivity index (χ1v) is 7.55. The SMILES string of the molecule is CON(C)C(=O)C(C1CCCCC1)C1CCCC1. The molecule has 104 valence electrons. The van der Waals surface area contributed by atoms with E-state index in [1.807, 2.05) is 0 Å². The third kappa shape index (κ3) is 3.05. The molecule has 18 heavy (non-hydrogen) atoms. The first-order chi connectivity index (χ1) is 8.74. The summed E-state index contributed by atoms with van der Waals surface area (Å²) in [5, 5.41) is 1.46. The summed E-state index contributed by atoms with van der Waals surface area (Å²) in [7, 11) is 3.34. The molecule has 0 bridgehead atoms. The van der Waals surface area contributed by atoms with Crippen molar-refractivity contribution in [2.45, 2.75) is 57.8 Å². The highest BCUT2D eigenvalue weighted by molar-refractivity contribution is 5.78. The smallest absolute Gasteiger partial charge is 0.249 e. The second-order valence-corrected chi connectivity index (χ2v) is 5.99. The van der Waals surface area contributed by atoms with E-state index in [0.717, 1.165) is 0 Å². The third-order valence-electron chi connectivity index (χ3n) is 4.93. The number of amides is 1. The van der Waals surface area contributed by atoms with Crippen molar-refractivity contribution >= 4 is 5.91 Å². The van der Waals surface area contributed by atoms with Gasteiger partial charge in [-0.3, -0.25) is 9.63 Å². The maximum absolute atomic E-state index is 12.6. The van der Waals surface area contributed by atoms with Gasteiger partial charge in [0.15, 0.2) is 0 Å². The van der Waals surface area contributed by atoms with Crippen LogP contribution in [0.5, 0.6) is 0 Å². The zero-order chi connectivity index (χ0) is 13.0. The van der Waals surface area contributed by atoms with Gasteiger partial charge in [-0.15, -0.1) is 0 Å². The molecule has 0 aliphatic heterocycles. The van der Waals surface area contributed by atoms with Gasteiger partial charge in [-0.1, -0.05) is 32.1 Å². The van der Waals surface area contributed by atoms with E-state index in [0.29, 0.717) is 11.8 Å². The molecule has 0 spiro atoms. The first kappa shape index (κ1) is 13.9. The van der Waals surface area contributed by atoms with E-state index in [1.54, 1.807) is 14.2 Å². The van der Waals surface area contributed by atoms with E-state index >= 15 is 0 Å². The quantitative estimate of drug-likeness (QED) is 0.719. The predicted octanol–water partition coefficient (Wildman–Crippen LogP) is 3.39. The van der Waals surface area contributed by atoms with Crippen LogP contribution in [0.15, 0.2) is 0 Å². The number of hydrogen-bond acceptors (Lipinski definition) is 2. The predicted molar refractivity (Wildman–Crippen MR) is 71.8 cm³/mol. The molecule has 1 atom stereocenters. The Kier molecular flexibility index (Phi) is 5.04. The Morgan fingerprint density at radius 2 is 1.44 bits per heavy atom. The van der Waals surface area contributed by atoms with E-state index in [-0.39, 0.29) is 11.8 Å². The molecule has 0 aromatic carbocycles. The van der Waals surface area contributed by atoms with Crippen molar-refractivity contribution in [3.63, 3.8) is 0 Å². The minimum Gasteiger partial charge on any atom is -0.275 e. The molecule has 1 unspecified atom stereocenters. The number of rotatable bonds is 4. The normalized spacial score (nSPS) is 24.1. The lowest BCUT2D eigenvalue weighted by Gasteiger charge is -2.35. The summed E-state index contributed by atoms with van der Waals surface area (Å²) < 4.78 is 0. The average molecular weight is 253 g/mol. The lowest BCUT2D eigenvalue weighted by Crippen LogP contribution is -2.40. The van der Waals surface area contributed by atoms with Crippen molar-refractivity contribution in [3.8, 4) is 0 Å². The number of carbonyl (C=O) groups excluding carboxylic acids is 1. The molecule has 2 rings (SSSR count). The van der Waals surface area contributed by atoms with Crippen LogP contribution < -0.4 is 0 Å². The van der Waals surface area contributed by atoms with Gasteiger partial charge >= 0.3 is 0 Å². The summed E-state index contributed by atoms with van der Waals surface area (Å²) in [5.41, 5.74) is 0. The molecule has 0 aromatic rings. The molecule has 3 nitrogen and oxygen atoms in total. The zero-order valence-corrected chi connectivity index (χ0v) is 11.9. The third-order valence-corrected chi connectivity index (χ3v) is 4.93. The van der Waals surface area contributed by atoms with E-state index < -0.39 is 0 Å². The van der Waals surface area contributed by atoms with Crippen molar-refractivity contribution in [2.75, 3.05) is 14.2 Å². The summed E-state index contributed by atoms with van der Waals surface area (Å²) >= 11 is 0. The van der Waals surface area contributed by atoms with E-state index in [9.17, 15) is 4.79 Å². The Bertz CT molecular complexity index is 268. The van der Waals surface area contributed by atoms with Crippen LogP contribution in [-0.2, 0) is 9.63 Å². The van der Waals surface area contributed by atoms with Gasteiger partial charge in [-0.05, 0) is 37.5 Å². The van der Waals surface area contributed by atoms with Crippen LogP contribution in [0, 0.1) is 17.8 Å². The lowest BCUT2D eigenvalue weighted by molar-refractivity contribution is -0.178. The summed E-state index contributed by atoms with van der Waals surface area (Å²) in [6.45, 7) is 0. The van der Waals surface area contributed by atoms with Crippen molar-refractivity contribution in [3.05, 3.63) is 0 Å². The van der Waals surface area contributed by atoms with Crippen molar-refractivity contribution < 1.29 is 9.63 Å². The Balaban J connectivity index is 2.07. The number of hydroxylamine groups is 2. The number of nitrogens with zero attached hydrogens (tertiary/aromatic N) is 1. The molecular weight excluding hydrogens is 226 g/mol. The van der Waals surface area contributed by atoms with Gasteiger partial charge in [-0.2, -0.15) is 0 Å². The number of carbonyl (C=O) groups is 1. The minimum atomic E-state index is 0.219. The standard InChI is InChI=1S/C15H27NO2/c1-16(18-2)15(17)14(13-10-6-7-11-13)12-8-4-3-5-9-12/h12-14H,3-11H2,1-2H3. The van der Waals surface area contributed by atoms with Crippen LogP contribution in [0.2, 0.25) is 0 Å². The van der Waals surface area contributed by atoms with Gasteiger partial charge in [0.25, 0.3) is 0 Å². The van der Waals surface area contributed by atoms with Crippen LogP contribution in [0.25, 0.3) is 0 Å². The molecule has 0 N–H and O–H groups in total. The maximum Gasteiger partial charge on any atom is 0.249 e. The highest BCUT2D eigenvalue weighted by atomic mass is 16.7. The van der Waals surface area contributed by atoms with Crippen LogP contribution in [0.4, 0.5) is 0 Å². The van der Waals surface area contributed by atoms with Gasteiger partial charge in [0.2, 0.25) is 5.91 Å². The molecule has 0 radical (unpaired) electrons. The first-order valence-electron chi connectivity index (χ1n) is 7.55. The second kappa shape index (κ2) is 6.55. The van der Waals surface area contributed by atoms with Crippen molar-refractivity contribution in [1.29, 1.82) is 0 Å². The van der Waals surface area contributed by atoms with Gasteiger partial charge in [0.1, 0.15) is 0 Å². The molecule has 2 saturated carbocycles. The molecule has 0 saturated heterocycles. The molecule has 2 fully saturated rings. The van der Waals surface area contributed by atoms with E-state index in [4.69, 9.17) is 4.84 Å². The summed E-state index contributed by atoms with van der Waals surface area (Å²) in [6, 6.07) is 0. The summed E-state index contributed by atoms with van der Waals surface area (Å²) in [6.07, 6.45) is 11.5. The topological polar surface area (TPSA) is 29.5 Å². The monoisotopic (exact) mass is 253 g/mol. The molecule has 2 aliphatic rings. The van der Waals surface area contributed by atoms with Crippen molar-refractivity contribution in [2.24, 2.45) is 17.8 Å². The molecular formula is C15H27NO2. The average Bonchev–Trinajstić information content (AvgIpc) is 2.93. The Labute approximate surface area is 111 Å². The number of hydrogen-bond donors (Lipinski definition) is 0. The fourth-order valence-corrected chi connectivity index (χ4v) is 3.90. The Hall–Kier alpha value is -0.570. The van der Waals surface area contributed by atoms with Crippen LogP contribution >= 0.6 is 0 Å². The largest absolute Gasteiger partial charge is 0.275 e. The minimum absolute atomic E-state index is 0.219. The Morgan fingerprint density at radius 3 is 1.89 bits per heavy atom. The van der Waals surface area contributed by atoms with Crippen LogP contribution in [-0.4, -0.2) is 25.1 Å². The second-order valence-electron chi connectivity index (χ2n) is 5.99. The maximum atomic E-state index is 12.6. The highest BCUT2D eigenvalue weighted by Gasteiger charge is 2.38. The highest BCUT2D eigenvalue weighted by Crippen LogP contribution is 2.41. The van der Waals surface area contributed by atoms with Gasteiger partial charge in [0, 0.05) is 13.0 Å². The molecule has 3 heteroatoms. The fourth-order valence-electron chi connectivity index (χ4n) is 3.90. The summed E-state index contributed by atoms with van der Waals surface area (Å²) in [4.78, 5) is 17.7. The van der Waals surface area contributed by atoms with E-state index in [2.05, 4.69) is 0 Å². The van der Waals surface area contributed by atoms with Crippen LogP contribution in [0.3, 0.4) is 0 Å². The fraction of sp³-hybridized carbons (Fsp3) is 0.933. The van der Waals surface area contributed by atoms with Gasteiger partial charge < -0.3 is 0 Å². The zero-order valence-electron chi connectivity index (χ0n) is 11.9.